The maximum atomic E-state index is 9.01. The summed E-state index contributed by atoms with van der Waals surface area (Å²) in [6.45, 7) is 6.19. The highest BCUT2D eigenvalue weighted by molar-refractivity contribution is 5.37. The average molecular weight is 189 g/mol. The zero-order chi connectivity index (χ0) is 10.1. The first-order chi connectivity index (χ1) is 6.72. The normalized spacial score (nSPS) is 18.2. The Bertz CT molecular complexity index is 326. The third-order valence-corrected chi connectivity index (χ3v) is 3.00. The fourth-order valence-electron chi connectivity index (χ4n) is 1.91. The highest BCUT2D eigenvalue weighted by atomic mass is 16.3. The molecule has 1 heteroatoms. The molecule has 0 aliphatic heterocycles. The van der Waals surface area contributed by atoms with Crippen LogP contribution in [0, 0.1) is 13.8 Å². The topological polar surface area (TPSA) is 20.2 Å². The van der Waals surface area contributed by atoms with Gasteiger partial charge in [0.2, 0.25) is 0 Å². The van der Waals surface area contributed by atoms with E-state index in [1.165, 1.54) is 24.0 Å². The summed E-state index contributed by atoms with van der Waals surface area (Å²) < 4.78 is 0. The molecule has 2 rings (SSSR count). The summed E-state index contributed by atoms with van der Waals surface area (Å²) in [7, 11) is 0. The lowest BCUT2D eigenvalue weighted by Crippen LogP contribution is -2.00. The summed E-state index contributed by atoms with van der Waals surface area (Å²) in [5, 5.41) is 9.01. The molecule has 1 aromatic rings. The van der Waals surface area contributed by atoms with Crippen molar-refractivity contribution in [3.8, 4) is 0 Å². The first-order valence-corrected chi connectivity index (χ1v) is 5.26. The molecule has 1 saturated carbocycles. The van der Waals surface area contributed by atoms with Gasteiger partial charge in [0.15, 0.2) is 0 Å². The zero-order valence-electron chi connectivity index (χ0n) is 8.66. The molecular weight excluding hydrogens is 172 g/mol. The van der Waals surface area contributed by atoms with Gasteiger partial charge in [-0.1, -0.05) is 18.2 Å². The van der Waals surface area contributed by atoms with Gasteiger partial charge in [-0.3, -0.25) is 0 Å². The molecule has 75 valence electrons. The maximum Gasteiger partial charge on any atom is 0.0499 e. The van der Waals surface area contributed by atoms with Gasteiger partial charge in [0, 0.05) is 12.5 Å². The van der Waals surface area contributed by atoms with E-state index in [0.717, 1.165) is 11.5 Å². The van der Waals surface area contributed by atoms with Gasteiger partial charge in [-0.15, -0.1) is 0 Å². The van der Waals surface area contributed by atoms with Gasteiger partial charge in [0.25, 0.3) is 0 Å². The van der Waals surface area contributed by atoms with E-state index in [1.807, 2.05) is 0 Å². The summed E-state index contributed by atoms with van der Waals surface area (Å²) in [6, 6.07) is 6.48. The largest absolute Gasteiger partial charge is 0.396 e. The van der Waals surface area contributed by atoms with Crippen LogP contribution in [0.25, 0.3) is 0 Å². The van der Waals surface area contributed by atoms with Crippen molar-refractivity contribution in [3.63, 3.8) is 0 Å². The van der Waals surface area contributed by atoms with Crippen molar-refractivity contribution in [3.05, 3.63) is 41.8 Å². The van der Waals surface area contributed by atoms with E-state index in [9.17, 15) is 0 Å². The molecule has 0 amide bonds. The Morgan fingerprint density at radius 2 is 2.21 bits per heavy atom. The van der Waals surface area contributed by atoms with Gasteiger partial charge in [-0.05, 0) is 49.3 Å². The third-order valence-electron chi connectivity index (χ3n) is 3.00. The maximum absolute atomic E-state index is 9.01. The lowest BCUT2D eigenvalue weighted by Gasteiger charge is -2.11. The van der Waals surface area contributed by atoms with Crippen LogP contribution in [0.2, 0.25) is 0 Å². The van der Waals surface area contributed by atoms with Crippen molar-refractivity contribution in [2.24, 2.45) is 0 Å². The Balaban J connectivity index is 2.25. The van der Waals surface area contributed by atoms with Crippen LogP contribution >= 0.6 is 0 Å². The molecule has 1 fully saturated rings. The van der Waals surface area contributed by atoms with Crippen molar-refractivity contribution < 1.29 is 5.11 Å². The lowest BCUT2D eigenvalue weighted by molar-refractivity contribution is 0.282. The van der Waals surface area contributed by atoms with E-state index in [2.05, 4.69) is 32.0 Å². The summed E-state index contributed by atoms with van der Waals surface area (Å²) >= 11 is 0. The van der Waals surface area contributed by atoms with E-state index in [1.54, 1.807) is 0 Å². The molecule has 0 bridgehead atoms. The van der Waals surface area contributed by atoms with Crippen molar-refractivity contribution in [2.75, 3.05) is 6.61 Å². The van der Waals surface area contributed by atoms with Crippen LogP contribution in [0.4, 0.5) is 0 Å². The average Bonchev–Trinajstić information content (AvgIpc) is 3.00. The second-order valence-corrected chi connectivity index (χ2v) is 4.27. The predicted octanol–water partition coefficient (Wildman–Crippen LogP) is 2.78. The Kier molecular flexibility index (Phi) is 2.60. The monoisotopic (exact) mass is 189 g/mol. The number of benzene rings is 1. The predicted molar refractivity (Wildman–Crippen MR) is 58.3 cm³/mol. The summed E-state index contributed by atoms with van der Waals surface area (Å²) in [5.41, 5.74) is 3.99. The minimum atomic E-state index is 0.0157. The second-order valence-electron chi connectivity index (χ2n) is 4.27. The number of aliphatic hydroxyl groups excluding tert-OH is 1. The van der Waals surface area contributed by atoms with Gasteiger partial charge in [0.05, 0.1) is 0 Å². The number of aryl methyl sites for hydroxylation is 1. The summed E-state index contributed by atoms with van der Waals surface area (Å²) in [6.07, 6.45) is 2.68. The molecular formula is C13H17O. The molecule has 1 nitrogen and oxygen atoms in total. The Morgan fingerprint density at radius 3 is 2.71 bits per heavy atom. The molecule has 0 saturated heterocycles. The Hall–Kier alpha value is -0.820. The molecule has 1 aliphatic rings. The first-order valence-electron chi connectivity index (χ1n) is 5.26. The van der Waals surface area contributed by atoms with Crippen LogP contribution in [-0.4, -0.2) is 11.7 Å². The van der Waals surface area contributed by atoms with Crippen molar-refractivity contribution >= 4 is 0 Å². The van der Waals surface area contributed by atoms with Crippen LogP contribution in [-0.2, 0) is 0 Å². The fourth-order valence-corrected chi connectivity index (χ4v) is 1.91. The number of hydrogen-bond acceptors (Lipinski definition) is 1. The van der Waals surface area contributed by atoms with Crippen LogP contribution in [0.15, 0.2) is 18.2 Å². The van der Waals surface area contributed by atoms with Gasteiger partial charge < -0.3 is 5.11 Å². The van der Waals surface area contributed by atoms with Gasteiger partial charge in [-0.2, -0.15) is 0 Å². The van der Waals surface area contributed by atoms with Crippen LogP contribution in [0.3, 0.4) is 0 Å². The van der Waals surface area contributed by atoms with Gasteiger partial charge >= 0.3 is 0 Å². The number of rotatable bonds is 3. The minimum Gasteiger partial charge on any atom is -0.396 e. The number of hydrogen-bond donors (Lipinski definition) is 1. The summed E-state index contributed by atoms with van der Waals surface area (Å²) in [5.74, 6) is 0.823. The minimum absolute atomic E-state index is 0.0157. The smallest absolute Gasteiger partial charge is 0.0499 e. The van der Waals surface area contributed by atoms with E-state index in [0.29, 0.717) is 0 Å². The Labute approximate surface area is 85.8 Å². The molecule has 0 heterocycles. The lowest BCUT2D eigenvalue weighted by atomic mass is 9.95. The molecule has 1 atom stereocenters. The van der Waals surface area contributed by atoms with Crippen molar-refractivity contribution in [1.82, 2.24) is 0 Å². The van der Waals surface area contributed by atoms with Crippen molar-refractivity contribution in [1.29, 1.82) is 0 Å². The first kappa shape index (κ1) is 9.72. The molecule has 1 unspecified atom stereocenters. The zero-order valence-corrected chi connectivity index (χ0v) is 8.66. The number of aliphatic hydroxyl groups is 1. The highest BCUT2D eigenvalue weighted by Crippen LogP contribution is 2.41. The van der Waals surface area contributed by atoms with E-state index < -0.39 is 0 Å². The molecule has 1 aromatic carbocycles. The third kappa shape index (κ3) is 1.83. The fraction of sp³-hybridized carbons (Fsp3) is 0.462. The Morgan fingerprint density at radius 1 is 1.50 bits per heavy atom. The molecule has 0 spiro atoms. The molecule has 0 aromatic heterocycles. The van der Waals surface area contributed by atoms with Crippen LogP contribution < -0.4 is 0 Å². The molecule has 1 aliphatic carbocycles. The van der Waals surface area contributed by atoms with Crippen LogP contribution in [0.5, 0.6) is 0 Å². The second kappa shape index (κ2) is 3.74. The van der Waals surface area contributed by atoms with E-state index >= 15 is 0 Å². The summed E-state index contributed by atoms with van der Waals surface area (Å²) in [4.78, 5) is 0. The molecule has 1 radical (unpaired) electrons. The molecule has 1 N–H and O–H groups in total. The van der Waals surface area contributed by atoms with Crippen LogP contribution in [0.1, 0.15) is 41.4 Å². The standard InChI is InChI=1S/C13H17O/c1-9-7-12(10(2)8-14)5-6-13(9)11-3-4-11/h5-7,10-11,14H,2-4,8H2,1H3. The highest BCUT2D eigenvalue weighted by Gasteiger charge is 2.24. The quantitative estimate of drug-likeness (QED) is 0.775. The van der Waals surface area contributed by atoms with Gasteiger partial charge in [0.1, 0.15) is 0 Å². The van der Waals surface area contributed by atoms with E-state index in [4.69, 9.17) is 5.11 Å². The van der Waals surface area contributed by atoms with E-state index in [-0.39, 0.29) is 12.5 Å². The SMILES string of the molecule is [CH2]C(CO)c1ccc(C2CC2)c(C)c1. The van der Waals surface area contributed by atoms with Crippen molar-refractivity contribution in [2.45, 2.75) is 31.6 Å². The van der Waals surface area contributed by atoms with Gasteiger partial charge in [-0.25, -0.2) is 0 Å². The molecule has 14 heavy (non-hydrogen) atoms.